The Hall–Kier alpha value is -4.58. The SMILES string of the molecule is C[C@H]([C@@H](O)c1ccccc1)N(C)C[C@@H]1C[C@H](c2ccc(CO)cc2)O[C@H](c2ccc(CNC(=O)CCCCCCC(=O)Nc3ccccc3N)cc2)O1. The highest BCUT2D eigenvalue weighted by atomic mass is 16.7. The largest absolute Gasteiger partial charge is 0.397 e. The van der Waals surface area contributed by atoms with Crippen molar-refractivity contribution < 1.29 is 29.3 Å². The van der Waals surface area contributed by atoms with Gasteiger partial charge in [0.2, 0.25) is 11.8 Å². The third-order valence-electron chi connectivity index (χ3n) is 9.93. The quantitative estimate of drug-likeness (QED) is 0.0548. The van der Waals surface area contributed by atoms with E-state index in [1.807, 2.05) is 105 Å². The summed E-state index contributed by atoms with van der Waals surface area (Å²) in [6.07, 6.45) is 3.12. The van der Waals surface area contributed by atoms with E-state index in [0.717, 1.165) is 53.5 Å². The normalized spacial score (nSPS) is 18.3. The number of para-hydroxylation sites is 2. The van der Waals surface area contributed by atoms with E-state index in [1.54, 1.807) is 12.1 Å². The number of anilines is 2. The van der Waals surface area contributed by atoms with Crippen molar-refractivity contribution in [3.05, 3.63) is 131 Å². The highest BCUT2D eigenvalue weighted by Gasteiger charge is 2.34. The van der Waals surface area contributed by atoms with Crippen LogP contribution < -0.4 is 16.4 Å². The van der Waals surface area contributed by atoms with Crippen molar-refractivity contribution in [2.75, 3.05) is 24.6 Å². The van der Waals surface area contributed by atoms with Gasteiger partial charge in [0.15, 0.2) is 6.29 Å². The van der Waals surface area contributed by atoms with E-state index >= 15 is 0 Å². The summed E-state index contributed by atoms with van der Waals surface area (Å²) >= 11 is 0. The van der Waals surface area contributed by atoms with E-state index in [2.05, 4.69) is 15.5 Å². The molecular formula is C43H54N4O6. The Morgan fingerprint density at radius 2 is 1.43 bits per heavy atom. The standard InChI is InChI=1S/C43H54N4O6/c1-30(42(51)34-12-6-5-7-13-34)47(2)28-36-26-39(33-22-20-32(29-48)21-23-33)53-43(52-36)35-24-18-31(19-25-35)27-45-40(49)16-8-3-4-9-17-41(50)46-38-15-11-10-14-37(38)44/h5-7,10-15,18-25,30,36,39,42-43,48,51H,3-4,8-9,16-17,26-29,44H2,1-2H3,(H,45,49)(H,46,50)/t30-,36+,39-,42-,43-/m1/s1. The number of benzene rings is 4. The second-order valence-corrected chi connectivity index (χ2v) is 14.0. The Bertz CT molecular complexity index is 1720. The van der Waals surface area contributed by atoms with Gasteiger partial charge in [-0.1, -0.05) is 104 Å². The molecule has 0 spiro atoms. The van der Waals surface area contributed by atoms with Crippen LogP contribution in [0.5, 0.6) is 0 Å². The second-order valence-electron chi connectivity index (χ2n) is 14.0. The van der Waals surface area contributed by atoms with Gasteiger partial charge >= 0.3 is 0 Å². The molecule has 53 heavy (non-hydrogen) atoms. The van der Waals surface area contributed by atoms with Crippen LogP contribution in [0, 0.1) is 0 Å². The van der Waals surface area contributed by atoms with Crippen molar-refractivity contribution in [1.82, 2.24) is 10.2 Å². The molecule has 10 heteroatoms. The lowest BCUT2D eigenvalue weighted by Crippen LogP contribution is -2.43. The number of nitrogens with zero attached hydrogens (tertiary/aromatic N) is 1. The molecule has 0 aromatic heterocycles. The summed E-state index contributed by atoms with van der Waals surface area (Å²) in [7, 11) is 2.00. The van der Waals surface area contributed by atoms with E-state index in [0.29, 0.717) is 43.7 Å². The van der Waals surface area contributed by atoms with Crippen molar-refractivity contribution in [3.8, 4) is 0 Å². The molecule has 1 heterocycles. The van der Waals surface area contributed by atoms with Gasteiger partial charge in [0.1, 0.15) is 0 Å². The molecule has 2 amide bonds. The number of nitrogens with two attached hydrogens (primary N) is 1. The molecular weight excluding hydrogens is 668 g/mol. The van der Waals surface area contributed by atoms with Crippen molar-refractivity contribution in [1.29, 1.82) is 0 Å². The minimum atomic E-state index is -0.641. The van der Waals surface area contributed by atoms with Gasteiger partial charge in [-0.15, -0.1) is 0 Å². The van der Waals surface area contributed by atoms with Crippen molar-refractivity contribution in [3.63, 3.8) is 0 Å². The molecule has 1 aliphatic rings. The zero-order valence-corrected chi connectivity index (χ0v) is 30.8. The molecule has 1 saturated heterocycles. The monoisotopic (exact) mass is 722 g/mol. The summed E-state index contributed by atoms with van der Waals surface area (Å²) in [6.45, 7) is 3.01. The second kappa shape index (κ2) is 20.0. The number of nitrogens with one attached hydrogen (secondary N) is 2. The topological polar surface area (TPSA) is 146 Å². The third-order valence-corrected chi connectivity index (χ3v) is 9.93. The number of unbranched alkanes of at least 4 members (excludes halogenated alkanes) is 3. The van der Waals surface area contributed by atoms with Crippen LogP contribution in [0.2, 0.25) is 0 Å². The van der Waals surface area contributed by atoms with Crippen LogP contribution in [-0.2, 0) is 32.2 Å². The summed E-state index contributed by atoms with van der Waals surface area (Å²) in [5.74, 6) is -0.0575. The Morgan fingerprint density at radius 3 is 2.11 bits per heavy atom. The van der Waals surface area contributed by atoms with E-state index in [9.17, 15) is 19.8 Å². The van der Waals surface area contributed by atoms with Gasteiger partial charge in [0, 0.05) is 44.0 Å². The minimum Gasteiger partial charge on any atom is -0.397 e. The summed E-state index contributed by atoms with van der Waals surface area (Å²) in [4.78, 5) is 26.9. The number of aliphatic hydroxyl groups excluding tert-OH is 2. The fraction of sp³-hybridized carbons (Fsp3) is 0.395. The van der Waals surface area contributed by atoms with Gasteiger partial charge in [-0.25, -0.2) is 0 Å². The number of carbonyl (C=O) groups is 2. The lowest BCUT2D eigenvalue weighted by Gasteiger charge is -2.39. The summed E-state index contributed by atoms with van der Waals surface area (Å²) < 4.78 is 13.1. The van der Waals surface area contributed by atoms with Crippen molar-refractivity contribution in [2.45, 2.75) is 95.7 Å². The fourth-order valence-corrected chi connectivity index (χ4v) is 6.52. The van der Waals surface area contributed by atoms with Crippen LogP contribution in [0.25, 0.3) is 0 Å². The smallest absolute Gasteiger partial charge is 0.224 e. The Morgan fingerprint density at radius 1 is 0.811 bits per heavy atom. The lowest BCUT2D eigenvalue weighted by molar-refractivity contribution is -0.253. The fourth-order valence-electron chi connectivity index (χ4n) is 6.52. The molecule has 10 nitrogen and oxygen atoms in total. The average Bonchev–Trinajstić information content (AvgIpc) is 3.19. The maximum atomic E-state index is 12.6. The Kier molecular flexibility index (Phi) is 15.0. The number of hydrogen-bond donors (Lipinski definition) is 5. The van der Waals surface area contributed by atoms with E-state index in [1.165, 1.54) is 0 Å². The molecule has 0 unspecified atom stereocenters. The number of aliphatic hydroxyl groups is 2. The van der Waals surface area contributed by atoms with Gasteiger partial charge in [-0.3, -0.25) is 14.5 Å². The molecule has 0 aliphatic carbocycles. The first kappa shape index (κ1) is 39.6. The molecule has 1 fully saturated rings. The van der Waals surface area contributed by atoms with Crippen molar-refractivity contribution >= 4 is 23.2 Å². The van der Waals surface area contributed by atoms with Crippen LogP contribution in [0.1, 0.15) is 98.2 Å². The first-order valence-corrected chi connectivity index (χ1v) is 18.6. The summed E-state index contributed by atoms with van der Waals surface area (Å²) in [5.41, 5.74) is 11.6. The molecule has 5 rings (SSSR count). The van der Waals surface area contributed by atoms with Gasteiger partial charge in [-0.05, 0) is 61.2 Å². The van der Waals surface area contributed by atoms with Gasteiger partial charge in [0.05, 0.1) is 36.3 Å². The molecule has 4 aromatic rings. The number of carbonyl (C=O) groups excluding carboxylic acids is 2. The van der Waals surface area contributed by atoms with Crippen molar-refractivity contribution in [2.24, 2.45) is 0 Å². The van der Waals surface area contributed by atoms with Crippen LogP contribution >= 0.6 is 0 Å². The van der Waals surface area contributed by atoms with Crippen LogP contribution in [0.3, 0.4) is 0 Å². The Balaban J connectivity index is 1.09. The van der Waals surface area contributed by atoms with Crippen LogP contribution in [-0.4, -0.2) is 52.7 Å². The van der Waals surface area contributed by atoms with E-state index in [-0.39, 0.29) is 36.7 Å². The van der Waals surface area contributed by atoms with Crippen LogP contribution in [0.4, 0.5) is 11.4 Å². The highest BCUT2D eigenvalue weighted by molar-refractivity contribution is 5.93. The predicted octanol–water partition coefficient (Wildman–Crippen LogP) is 6.96. The first-order valence-electron chi connectivity index (χ1n) is 18.6. The molecule has 0 bridgehead atoms. The first-order chi connectivity index (χ1) is 25.7. The maximum Gasteiger partial charge on any atom is 0.224 e. The molecule has 0 radical (unpaired) electrons. The average molecular weight is 723 g/mol. The predicted molar refractivity (Wildman–Crippen MR) is 207 cm³/mol. The van der Waals surface area contributed by atoms with Gasteiger partial charge in [-0.2, -0.15) is 0 Å². The highest BCUT2D eigenvalue weighted by Crippen LogP contribution is 2.38. The lowest BCUT2D eigenvalue weighted by atomic mass is 9.98. The molecule has 282 valence electrons. The van der Waals surface area contributed by atoms with Gasteiger partial charge in [0.25, 0.3) is 0 Å². The zero-order valence-electron chi connectivity index (χ0n) is 30.8. The molecule has 5 atom stereocenters. The summed E-state index contributed by atoms with van der Waals surface area (Å²) in [6, 6.07) is 32.5. The van der Waals surface area contributed by atoms with Crippen LogP contribution in [0.15, 0.2) is 103 Å². The van der Waals surface area contributed by atoms with E-state index in [4.69, 9.17) is 15.2 Å². The maximum absolute atomic E-state index is 12.6. The van der Waals surface area contributed by atoms with Gasteiger partial charge < -0.3 is 36.1 Å². The number of amides is 2. The molecule has 4 aromatic carbocycles. The minimum absolute atomic E-state index is 0.000972. The number of hydrogen-bond acceptors (Lipinski definition) is 8. The number of rotatable bonds is 18. The number of nitrogen functional groups attached to an aromatic ring is 1. The number of likely N-dealkylation sites (N-methyl/N-ethyl adjacent to an activating group) is 1. The number of ether oxygens (including phenoxy) is 2. The Labute approximate surface area is 313 Å². The zero-order chi connectivity index (χ0) is 37.6. The molecule has 1 aliphatic heterocycles. The van der Waals surface area contributed by atoms with E-state index < -0.39 is 12.4 Å². The molecule has 0 saturated carbocycles. The summed E-state index contributed by atoms with van der Waals surface area (Å²) in [5, 5.41) is 26.5. The molecule has 6 N–H and O–H groups in total. The third kappa shape index (κ3) is 12.0.